The molecule has 0 spiro atoms. The highest BCUT2D eigenvalue weighted by atomic mass is 32.1. The van der Waals surface area contributed by atoms with Gasteiger partial charge in [0.15, 0.2) is 5.96 Å². The Hall–Kier alpha value is -3.40. The first-order valence-electron chi connectivity index (χ1n) is 9.33. The summed E-state index contributed by atoms with van der Waals surface area (Å²) < 4.78 is 13.3. The highest BCUT2D eigenvalue weighted by molar-refractivity contribution is 7.10. The summed E-state index contributed by atoms with van der Waals surface area (Å²) in [6.45, 7) is 0.899. The molecule has 0 radical (unpaired) electrons. The SMILES string of the molecule is CN1C(=N)N[C@@]2(c3cc(-c4cncnc4)cs3)CN(c3ccc(F)nc3)CC2C1=O. The number of carbonyl (C=O) groups is 1. The molecule has 2 fully saturated rings. The first-order chi connectivity index (χ1) is 14.5. The molecule has 2 aliphatic heterocycles. The van der Waals surface area contributed by atoms with Crippen molar-refractivity contribution in [2.24, 2.45) is 5.92 Å². The highest BCUT2D eigenvalue weighted by Gasteiger charge is 2.57. The number of aromatic nitrogens is 3. The van der Waals surface area contributed by atoms with E-state index in [-0.39, 0.29) is 11.9 Å². The van der Waals surface area contributed by atoms with E-state index in [1.807, 2.05) is 16.3 Å². The zero-order valence-electron chi connectivity index (χ0n) is 16.0. The Kier molecular flexibility index (Phi) is 4.24. The van der Waals surface area contributed by atoms with E-state index in [2.05, 4.69) is 20.3 Å². The van der Waals surface area contributed by atoms with Crippen LogP contribution in [0.3, 0.4) is 0 Å². The van der Waals surface area contributed by atoms with Crippen molar-refractivity contribution in [1.82, 2.24) is 25.2 Å². The van der Waals surface area contributed by atoms with Crippen LogP contribution in [0, 0.1) is 17.3 Å². The molecule has 5 rings (SSSR count). The quantitative estimate of drug-likeness (QED) is 0.626. The van der Waals surface area contributed by atoms with E-state index < -0.39 is 17.4 Å². The summed E-state index contributed by atoms with van der Waals surface area (Å²) >= 11 is 1.54. The van der Waals surface area contributed by atoms with Gasteiger partial charge in [-0.05, 0) is 29.1 Å². The molecule has 2 saturated heterocycles. The van der Waals surface area contributed by atoms with Gasteiger partial charge in [-0.1, -0.05) is 0 Å². The van der Waals surface area contributed by atoms with Crippen molar-refractivity contribution in [2.45, 2.75) is 5.54 Å². The molecule has 30 heavy (non-hydrogen) atoms. The number of hydrogen-bond donors (Lipinski definition) is 2. The molecular weight excluding hydrogens is 405 g/mol. The average Bonchev–Trinajstić information content (AvgIpc) is 3.40. The summed E-state index contributed by atoms with van der Waals surface area (Å²) in [5.74, 6) is -1.00. The summed E-state index contributed by atoms with van der Waals surface area (Å²) in [7, 11) is 1.60. The molecule has 3 aromatic rings. The lowest BCUT2D eigenvalue weighted by Crippen LogP contribution is -2.64. The van der Waals surface area contributed by atoms with Crippen LogP contribution < -0.4 is 10.2 Å². The Bertz CT molecular complexity index is 1120. The molecule has 5 heterocycles. The number of guanidine groups is 1. The average molecular weight is 423 g/mol. The van der Waals surface area contributed by atoms with Gasteiger partial charge in [0.1, 0.15) is 11.9 Å². The molecular formula is C20H18FN7OS. The van der Waals surface area contributed by atoms with E-state index in [1.54, 1.807) is 25.5 Å². The Labute approximate surface area is 175 Å². The molecule has 2 atom stereocenters. The molecule has 152 valence electrons. The van der Waals surface area contributed by atoms with Gasteiger partial charge in [-0.15, -0.1) is 11.3 Å². The van der Waals surface area contributed by atoms with Crippen molar-refractivity contribution in [1.29, 1.82) is 5.41 Å². The van der Waals surface area contributed by atoms with Gasteiger partial charge in [0.2, 0.25) is 11.9 Å². The lowest BCUT2D eigenvalue weighted by Gasteiger charge is -2.42. The van der Waals surface area contributed by atoms with Gasteiger partial charge in [0.25, 0.3) is 0 Å². The van der Waals surface area contributed by atoms with E-state index in [0.717, 1.165) is 21.7 Å². The van der Waals surface area contributed by atoms with E-state index >= 15 is 0 Å². The van der Waals surface area contributed by atoms with Crippen molar-refractivity contribution in [3.05, 3.63) is 59.3 Å². The molecule has 3 aromatic heterocycles. The Morgan fingerprint density at radius 1 is 1.27 bits per heavy atom. The third-order valence-corrected chi connectivity index (χ3v) is 6.86. The molecule has 0 saturated carbocycles. The van der Waals surface area contributed by atoms with Crippen LogP contribution in [0.5, 0.6) is 0 Å². The third-order valence-electron chi connectivity index (χ3n) is 5.75. The van der Waals surface area contributed by atoms with Crippen LogP contribution in [0.4, 0.5) is 10.1 Å². The number of nitrogens with one attached hydrogen (secondary N) is 2. The van der Waals surface area contributed by atoms with E-state index in [9.17, 15) is 9.18 Å². The number of hydrogen-bond acceptors (Lipinski definition) is 7. The number of thiophene rings is 1. The van der Waals surface area contributed by atoms with Gasteiger partial charge in [-0.3, -0.25) is 15.1 Å². The Morgan fingerprint density at radius 2 is 2.07 bits per heavy atom. The fourth-order valence-electron chi connectivity index (χ4n) is 4.14. The molecule has 0 aliphatic carbocycles. The van der Waals surface area contributed by atoms with Crippen LogP contribution in [0.1, 0.15) is 4.88 Å². The lowest BCUT2D eigenvalue weighted by molar-refractivity contribution is -0.133. The van der Waals surface area contributed by atoms with E-state index in [1.165, 1.54) is 34.8 Å². The van der Waals surface area contributed by atoms with E-state index in [4.69, 9.17) is 5.41 Å². The summed E-state index contributed by atoms with van der Waals surface area (Å²) in [6, 6.07) is 5.00. The first-order valence-corrected chi connectivity index (χ1v) is 10.2. The number of carbonyl (C=O) groups excluding carboxylic acids is 1. The van der Waals surface area contributed by atoms with Crippen LogP contribution in [0.15, 0.2) is 48.5 Å². The summed E-state index contributed by atoms with van der Waals surface area (Å²) in [5.41, 5.74) is 1.83. The smallest absolute Gasteiger partial charge is 0.236 e. The maximum atomic E-state index is 13.3. The largest absolute Gasteiger partial charge is 0.367 e. The predicted octanol–water partition coefficient (Wildman–Crippen LogP) is 2.07. The monoisotopic (exact) mass is 423 g/mol. The van der Waals surface area contributed by atoms with Crippen LogP contribution in [-0.2, 0) is 10.3 Å². The maximum absolute atomic E-state index is 13.3. The standard InChI is InChI=1S/C20H18FN7OS/c1-27-18(29)15-8-28(14-2-3-17(21)25-7-14)10-20(15,26-19(27)22)16-4-12(9-30-16)13-5-23-11-24-6-13/h2-7,9,11,15H,8,10H2,1H3,(H2,22,26)/t15?,20-/m0/s1. The van der Waals surface area contributed by atoms with Crippen molar-refractivity contribution < 1.29 is 9.18 Å². The minimum Gasteiger partial charge on any atom is -0.367 e. The molecule has 1 amide bonds. The van der Waals surface area contributed by atoms with Gasteiger partial charge < -0.3 is 10.2 Å². The van der Waals surface area contributed by atoms with Crippen LogP contribution in [-0.4, -0.2) is 51.9 Å². The molecule has 8 nitrogen and oxygen atoms in total. The van der Waals surface area contributed by atoms with Crippen molar-refractivity contribution in [3.63, 3.8) is 0 Å². The number of fused-ring (bicyclic) bond motifs is 1. The fraction of sp³-hybridized carbons (Fsp3) is 0.250. The molecule has 2 N–H and O–H groups in total. The van der Waals surface area contributed by atoms with Crippen LogP contribution in [0.25, 0.3) is 11.1 Å². The highest BCUT2D eigenvalue weighted by Crippen LogP contribution is 2.45. The second-order valence-corrected chi connectivity index (χ2v) is 8.35. The number of rotatable bonds is 3. The third kappa shape index (κ3) is 2.83. The molecule has 2 aliphatic rings. The molecule has 1 unspecified atom stereocenters. The fourth-order valence-corrected chi connectivity index (χ4v) is 5.26. The van der Waals surface area contributed by atoms with Crippen molar-refractivity contribution in [2.75, 3.05) is 25.0 Å². The number of halogens is 1. The number of pyridine rings is 1. The minimum atomic E-state index is -0.756. The van der Waals surface area contributed by atoms with Gasteiger partial charge in [0, 0.05) is 43.0 Å². The van der Waals surface area contributed by atoms with Crippen molar-refractivity contribution in [3.8, 4) is 11.1 Å². The second-order valence-electron chi connectivity index (χ2n) is 7.44. The minimum absolute atomic E-state index is 0.0633. The van der Waals surface area contributed by atoms with E-state index in [0.29, 0.717) is 13.1 Å². The first kappa shape index (κ1) is 18.6. The van der Waals surface area contributed by atoms with Crippen LogP contribution >= 0.6 is 11.3 Å². The number of amides is 1. The number of anilines is 1. The maximum Gasteiger partial charge on any atom is 0.236 e. The second kappa shape index (κ2) is 6.84. The van der Waals surface area contributed by atoms with Gasteiger partial charge >= 0.3 is 0 Å². The number of nitrogens with zero attached hydrogens (tertiary/aromatic N) is 5. The molecule has 10 heteroatoms. The topological polar surface area (TPSA) is 98.1 Å². The van der Waals surface area contributed by atoms with Gasteiger partial charge in [-0.2, -0.15) is 4.39 Å². The normalized spacial score (nSPS) is 23.5. The Balaban J connectivity index is 1.57. The van der Waals surface area contributed by atoms with Crippen molar-refractivity contribution >= 4 is 28.9 Å². The summed E-state index contributed by atoms with van der Waals surface area (Å²) in [4.78, 5) is 29.3. The predicted molar refractivity (Wildman–Crippen MR) is 111 cm³/mol. The Morgan fingerprint density at radius 3 is 2.80 bits per heavy atom. The molecule has 0 bridgehead atoms. The zero-order chi connectivity index (χ0) is 20.9. The molecule has 0 aromatic carbocycles. The summed E-state index contributed by atoms with van der Waals surface area (Å²) in [5, 5.41) is 13.6. The zero-order valence-corrected chi connectivity index (χ0v) is 16.9. The van der Waals surface area contributed by atoms with Gasteiger partial charge in [-0.25, -0.2) is 15.0 Å². The lowest BCUT2D eigenvalue weighted by atomic mass is 9.82. The van der Waals surface area contributed by atoms with Gasteiger partial charge in [0.05, 0.1) is 17.8 Å². The van der Waals surface area contributed by atoms with Crippen LogP contribution in [0.2, 0.25) is 0 Å². The summed E-state index contributed by atoms with van der Waals surface area (Å²) in [6.07, 6.45) is 6.44.